The summed E-state index contributed by atoms with van der Waals surface area (Å²) in [6.45, 7) is 8.03. The summed E-state index contributed by atoms with van der Waals surface area (Å²) in [4.78, 5) is 37.3. The number of halogens is 1. The first-order valence-corrected chi connectivity index (χ1v) is 13.3. The van der Waals surface area contributed by atoms with Crippen molar-refractivity contribution in [3.8, 4) is 5.75 Å². The molecule has 0 aliphatic rings. The smallest absolute Gasteiger partial charge is 0.444 e. The molecule has 0 aromatic heterocycles. The van der Waals surface area contributed by atoms with Gasteiger partial charge in [0, 0.05) is 23.0 Å². The van der Waals surface area contributed by atoms with Gasteiger partial charge in [-0.25, -0.2) is 9.59 Å². The Labute approximate surface area is 227 Å². The highest BCUT2D eigenvalue weighted by atomic mass is 79.9. The van der Waals surface area contributed by atoms with Crippen LogP contribution in [-0.4, -0.2) is 36.3 Å². The van der Waals surface area contributed by atoms with Gasteiger partial charge in [-0.3, -0.25) is 4.79 Å². The lowest BCUT2D eigenvalue weighted by Crippen LogP contribution is -2.49. The first-order valence-electron chi connectivity index (χ1n) is 12.5. The second-order valence-corrected chi connectivity index (χ2v) is 10.5. The van der Waals surface area contributed by atoms with Crippen LogP contribution in [0.4, 0.5) is 9.59 Å². The van der Waals surface area contributed by atoms with E-state index in [0.717, 1.165) is 41.3 Å². The van der Waals surface area contributed by atoms with Crippen molar-refractivity contribution in [3.63, 3.8) is 0 Å². The lowest BCUT2D eigenvalue weighted by molar-refractivity contribution is -0.123. The fourth-order valence-electron chi connectivity index (χ4n) is 3.35. The van der Waals surface area contributed by atoms with Gasteiger partial charge < -0.3 is 24.8 Å². The van der Waals surface area contributed by atoms with Crippen molar-refractivity contribution in [2.24, 2.45) is 0 Å². The molecular weight excluding hydrogens is 540 g/mol. The molecule has 2 N–H and O–H groups in total. The minimum atomic E-state index is -0.824. The summed E-state index contributed by atoms with van der Waals surface area (Å²) < 4.78 is 16.6. The van der Waals surface area contributed by atoms with E-state index in [1.54, 1.807) is 45.0 Å². The summed E-state index contributed by atoms with van der Waals surface area (Å²) in [5.41, 5.74) is 0.910. The summed E-state index contributed by atoms with van der Waals surface area (Å²) in [6.07, 6.45) is 2.89. The molecule has 0 saturated heterocycles. The molecule has 0 bridgehead atoms. The number of ether oxygens (including phenoxy) is 3. The highest BCUT2D eigenvalue weighted by Crippen LogP contribution is 2.18. The molecule has 1 atom stereocenters. The van der Waals surface area contributed by atoms with Crippen LogP contribution in [-0.2, 0) is 27.3 Å². The second kappa shape index (κ2) is 15.2. The van der Waals surface area contributed by atoms with E-state index in [2.05, 4.69) is 33.5 Å². The first-order chi connectivity index (χ1) is 17.6. The van der Waals surface area contributed by atoms with Crippen molar-refractivity contribution in [2.75, 3.05) is 6.54 Å². The van der Waals surface area contributed by atoms with Crippen LogP contribution in [0.3, 0.4) is 0 Å². The largest absolute Gasteiger partial charge is 0.514 e. The van der Waals surface area contributed by atoms with Gasteiger partial charge in [-0.15, -0.1) is 0 Å². The predicted octanol–water partition coefficient (Wildman–Crippen LogP) is 6.30. The quantitative estimate of drug-likeness (QED) is 0.175. The van der Waals surface area contributed by atoms with E-state index in [9.17, 15) is 14.4 Å². The number of carbonyl (C=O) groups is 3. The molecule has 0 radical (unpaired) electrons. The van der Waals surface area contributed by atoms with Gasteiger partial charge in [0.2, 0.25) is 5.91 Å². The Hall–Kier alpha value is -3.07. The Balaban J connectivity index is 1.95. The fourth-order valence-corrected chi connectivity index (χ4v) is 3.75. The van der Waals surface area contributed by atoms with Gasteiger partial charge in [0.15, 0.2) is 0 Å². The van der Waals surface area contributed by atoms with Gasteiger partial charge in [-0.1, -0.05) is 72.4 Å². The third-order valence-electron chi connectivity index (χ3n) is 5.20. The molecule has 2 aromatic rings. The molecule has 0 aliphatic carbocycles. The van der Waals surface area contributed by atoms with Gasteiger partial charge in [0.05, 0.1) is 0 Å². The third-order valence-corrected chi connectivity index (χ3v) is 5.98. The van der Waals surface area contributed by atoms with Gasteiger partial charge in [0.25, 0.3) is 0 Å². The van der Waals surface area contributed by atoms with Crippen LogP contribution in [0.2, 0.25) is 0 Å². The zero-order chi connectivity index (χ0) is 27.3. The highest BCUT2D eigenvalue weighted by molar-refractivity contribution is 9.10. The van der Waals surface area contributed by atoms with E-state index in [1.165, 1.54) is 0 Å². The molecule has 9 heteroatoms. The molecular formula is C28H37BrN2O6. The van der Waals surface area contributed by atoms with E-state index >= 15 is 0 Å². The van der Waals surface area contributed by atoms with Crippen LogP contribution in [0, 0.1) is 0 Å². The minimum Gasteiger partial charge on any atom is -0.444 e. The Morgan fingerprint density at radius 3 is 2.32 bits per heavy atom. The summed E-state index contributed by atoms with van der Waals surface area (Å²) >= 11 is 3.41. The van der Waals surface area contributed by atoms with E-state index in [0.29, 0.717) is 12.3 Å². The number of amides is 2. The number of hydrogen-bond acceptors (Lipinski definition) is 6. The lowest BCUT2D eigenvalue weighted by Gasteiger charge is -2.23. The van der Waals surface area contributed by atoms with Gasteiger partial charge in [-0.2, -0.15) is 0 Å². The van der Waals surface area contributed by atoms with Crippen molar-refractivity contribution in [1.29, 1.82) is 0 Å². The minimum absolute atomic E-state index is 0.0733. The van der Waals surface area contributed by atoms with E-state index in [4.69, 9.17) is 14.2 Å². The molecule has 0 spiro atoms. The number of nitrogens with one attached hydrogen (secondary N) is 2. The van der Waals surface area contributed by atoms with E-state index in [-0.39, 0.29) is 18.9 Å². The molecule has 0 saturated carbocycles. The van der Waals surface area contributed by atoms with Crippen LogP contribution in [0.5, 0.6) is 5.75 Å². The average Bonchev–Trinajstić information content (AvgIpc) is 2.83. The predicted molar refractivity (Wildman–Crippen MR) is 145 cm³/mol. The second-order valence-electron chi connectivity index (χ2n) is 9.63. The van der Waals surface area contributed by atoms with Gasteiger partial charge >= 0.3 is 12.2 Å². The molecule has 0 fully saturated rings. The molecule has 2 rings (SSSR count). The van der Waals surface area contributed by atoms with Crippen LogP contribution in [0.15, 0.2) is 53.0 Å². The van der Waals surface area contributed by atoms with Crippen molar-refractivity contribution in [3.05, 3.63) is 64.1 Å². The Morgan fingerprint density at radius 1 is 0.973 bits per heavy atom. The van der Waals surface area contributed by atoms with Crippen molar-refractivity contribution < 1.29 is 28.6 Å². The maximum atomic E-state index is 12.8. The zero-order valence-corrected chi connectivity index (χ0v) is 23.6. The summed E-state index contributed by atoms with van der Waals surface area (Å²) in [5.74, 6) is 0.0243. The summed E-state index contributed by atoms with van der Waals surface area (Å²) in [7, 11) is 0. The van der Waals surface area contributed by atoms with Crippen molar-refractivity contribution in [1.82, 2.24) is 10.6 Å². The number of alkyl carbamates (subject to hydrolysis) is 1. The van der Waals surface area contributed by atoms with E-state index < -0.39 is 23.9 Å². The van der Waals surface area contributed by atoms with Crippen LogP contribution >= 0.6 is 15.9 Å². The van der Waals surface area contributed by atoms with Crippen LogP contribution in [0.1, 0.15) is 64.5 Å². The number of rotatable bonds is 12. The molecule has 0 aliphatic heterocycles. The molecule has 202 valence electrons. The molecule has 0 unspecified atom stereocenters. The van der Waals surface area contributed by atoms with Crippen molar-refractivity contribution in [2.45, 2.75) is 78.0 Å². The standard InChI is InChI=1S/C28H37BrN2O6/c1-5-6-7-10-17-30-25(32)24(31-26(33)37-28(2,3)4)18-20-13-15-22(16-14-20)36-27(34)35-19-21-11-8-9-12-23(21)29/h8-9,11-16,24H,5-7,10,17-19H2,1-4H3,(H,30,32)(H,31,33)/t24-/m0/s1. The molecule has 37 heavy (non-hydrogen) atoms. The van der Waals surface area contributed by atoms with Crippen LogP contribution < -0.4 is 15.4 Å². The Morgan fingerprint density at radius 2 is 1.68 bits per heavy atom. The van der Waals surface area contributed by atoms with Gasteiger partial charge in [-0.05, 0) is 51.0 Å². The van der Waals surface area contributed by atoms with E-state index in [1.807, 2.05) is 24.3 Å². The normalized spacial score (nSPS) is 11.8. The average molecular weight is 578 g/mol. The fraction of sp³-hybridized carbons (Fsp3) is 0.464. The highest BCUT2D eigenvalue weighted by Gasteiger charge is 2.24. The summed E-state index contributed by atoms with van der Waals surface area (Å²) in [5, 5.41) is 5.58. The molecule has 2 aromatic carbocycles. The topological polar surface area (TPSA) is 103 Å². The maximum absolute atomic E-state index is 12.8. The van der Waals surface area contributed by atoms with Crippen LogP contribution in [0.25, 0.3) is 0 Å². The summed E-state index contributed by atoms with van der Waals surface area (Å²) in [6, 6.07) is 13.3. The maximum Gasteiger partial charge on any atom is 0.514 e. The molecule has 0 heterocycles. The third kappa shape index (κ3) is 12.1. The number of hydrogen-bond donors (Lipinski definition) is 2. The zero-order valence-electron chi connectivity index (χ0n) is 22.0. The Bertz CT molecular complexity index is 1020. The lowest BCUT2D eigenvalue weighted by atomic mass is 10.0. The Kier molecular flexibility index (Phi) is 12.4. The SMILES string of the molecule is CCCCCCNC(=O)[C@H](Cc1ccc(OC(=O)OCc2ccccc2Br)cc1)NC(=O)OC(C)(C)C. The first kappa shape index (κ1) is 30.2. The van der Waals surface area contributed by atoms with Crippen molar-refractivity contribution >= 4 is 34.1 Å². The molecule has 2 amide bonds. The number of benzene rings is 2. The number of carbonyl (C=O) groups excluding carboxylic acids is 3. The van der Waals surface area contributed by atoms with Gasteiger partial charge in [0.1, 0.15) is 24.0 Å². The number of unbranched alkanes of at least 4 members (excludes halogenated alkanes) is 3. The monoisotopic (exact) mass is 576 g/mol. The molecule has 8 nitrogen and oxygen atoms in total.